The Bertz CT molecular complexity index is 499. The van der Waals surface area contributed by atoms with Crippen LogP contribution in [0.4, 0.5) is 0 Å². The van der Waals surface area contributed by atoms with Gasteiger partial charge in [0.1, 0.15) is 6.04 Å². The van der Waals surface area contributed by atoms with Crippen LogP contribution >= 0.6 is 23.2 Å². The fourth-order valence-electron chi connectivity index (χ4n) is 2.11. The number of amides is 2. The summed E-state index contributed by atoms with van der Waals surface area (Å²) in [6.45, 7) is 0.260. The van der Waals surface area contributed by atoms with Crippen LogP contribution in [-0.4, -0.2) is 29.8 Å². The molecule has 102 valence electrons. The van der Waals surface area contributed by atoms with E-state index >= 15 is 0 Å². The predicted octanol–water partition coefficient (Wildman–Crippen LogP) is 2.23. The summed E-state index contributed by atoms with van der Waals surface area (Å²) in [6.07, 6.45) is 0.971. The van der Waals surface area contributed by atoms with Crippen molar-refractivity contribution in [3.8, 4) is 0 Å². The van der Waals surface area contributed by atoms with Crippen molar-refractivity contribution in [2.75, 3.05) is 7.05 Å². The Morgan fingerprint density at radius 3 is 2.58 bits per heavy atom. The van der Waals surface area contributed by atoms with E-state index in [4.69, 9.17) is 23.2 Å². The lowest BCUT2D eigenvalue weighted by Crippen LogP contribution is -2.42. The van der Waals surface area contributed by atoms with Crippen LogP contribution in [0.15, 0.2) is 18.2 Å². The van der Waals surface area contributed by atoms with Crippen molar-refractivity contribution < 1.29 is 9.59 Å². The summed E-state index contributed by atoms with van der Waals surface area (Å²) in [5, 5.41) is 3.81. The maximum absolute atomic E-state index is 12.0. The number of carbonyl (C=O) groups excluding carboxylic acids is 2. The number of carbonyl (C=O) groups is 2. The largest absolute Gasteiger partial charge is 0.350 e. The van der Waals surface area contributed by atoms with Crippen molar-refractivity contribution >= 4 is 35.0 Å². The molecule has 1 N–H and O–H groups in total. The number of nitrogens with one attached hydrogen (secondary N) is 1. The van der Waals surface area contributed by atoms with Gasteiger partial charge in [0.25, 0.3) is 0 Å². The van der Waals surface area contributed by atoms with E-state index in [0.717, 1.165) is 0 Å². The van der Waals surface area contributed by atoms with E-state index in [2.05, 4.69) is 5.32 Å². The number of benzene rings is 1. The molecule has 0 unspecified atom stereocenters. The summed E-state index contributed by atoms with van der Waals surface area (Å²) in [5.41, 5.74) is 0.686. The first kappa shape index (κ1) is 14.2. The summed E-state index contributed by atoms with van der Waals surface area (Å²) in [6, 6.07) is 4.80. The minimum atomic E-state index is -0.395. The van der Waals surface area contributed by atoms with Gasteiger partial charge >= 0.3 is 0 Å². The molecule has 1 aromatic rings. The number of likely N-dealkylation sites (tertiary alicyclic amines) is 1. The molecule has 4 nitrogen and oxygen atoms in total. The number of rotatable bonds is 3. The van der Waals surface area contributed by atoms with E-state index in [1.165, 1.54) is 4.90 Å². The Morgan fingerprint density at radius 1 is 1.42 bits per heavy atom. The lowest BCUT2D eigenvalue weighted by Gasteiger charge is -2.19. The third-order valence-corrected chi connectivity index (χ3v) is 4.00. The summed E-state index contributed by atoms with van der Waals surface area (Å²) in [7, 11) is 1.64. The number of nitrogens with zero attached hydrogens (tertiary/aromatic N) is 1. The Morgan fingerprint density at radius 2 is 2.05 bits per heavy atom. The topological polar surface area (TPSA) is 49.4 Å². The molecule has 19 heavy (non-hydrogen) atoms. The number of likely N-dealkylation sites (N-methyl/N-ethyl adjacent to an activating group) is 1. The summed E-state index contributed by atoms with van der Waals surface area (Å²) in [5.74, 6) is -0.180. The second kappa shape index (κ2) is 5.80. The van der Waals surface area contributed by atoms with Crippen molar-refractivity contribution in [1.82, 2.24) is 10.2 Å². The molecule has 1 aliphatic heterocycles. The normalized spacial score (nSPS) is 18.8. The van der Waals surface area contributed by atoms with E-state index in [1.54, 1.807) is 25.2 Å². The average Bonchev–Trinajstić information content (AvgIpc) is 2.69. The maximum Gasteiger partial charge on any atom is 0.243 e. The molecule has 0 radical (unpaired) electrons. The van der Waals surface area contributed by atoms with Crippen LogP contribution in [0, 0.1) is 0 Å². The molecule has 1 aromatic carbocycles. The monoisotopic (exact) mass is 300 g/mol. The van der Waals surface area contributed by atoms with Crippen LogP contribution in [0.2, 0.25) is 10.0 Å². The number of hydrogen-bond donors (Lipinski definition) is 1. The van der Waals surface area contributed by atoms with E-state index in [0.29, 0.717) is 28.5 Å². The zero-order chi connectivity index (χ0) is 14.0. The molecule has 6 heteroatoms. The van der Waals surface area contributed by atoms with E-state index in [-0.39, 0.29) is 18.4 Å². The second-order valence-corrected chi connectivity index (χ2v) is 5.29. The van der Waals surface area contributed by atoms with Crippen molar-refractivity contribution in [2.45, 2.75) is 25.4 Å². The zero-order valence-corrected chi connectivity index (χ0v) is 12.0. The SMILES string of the molecule is CN1C(=O)CC[C@H]1C(=O)NCc1c(Cl)cccc1Cl. The first-order chi connectivity index (χ1) is 9.00. The standard InChI is InChI=1S/C13H14Cl2N2O2/c1-17-11(5-6-12(17)18)13(19)16-7-8-9(14)3-2-4-10(8)15/h2-4,11H,5-7H2,1H3,(H,16,19)/t11-/m0/s1. The van der Waals surface area contributed by atoms with E-state index in [9.17, 15) is 9.59 Å². The fraction of sp³-hybridized carbons (Fsp3) is 0.385. The minimum absolute atomic E-state index is 0.00377. The maximum atomic E-state index is 12.0. The molecule has 1 heterocycles. The van der Waals surface area contributed by atoms with Gasteiger partial charge in [-0.15, -0.1) is 0 Å². The Balaban J connectivity index is 1.99. The minimum Gasteiger partial charge on any atom is -0.350 e. The van der Waals surface area contributed by atoms with Crippen molar-refractivity contribution in [3.63, 3.8) is 0 Å². The van der Waals surface area contributed by atoms with Gasteiger partial charge in [0, 0.05) is 35.6 Å². The van der Waals surface area contributed by atoms with Crippen LogP contribution < -0.4 is 5.32 Å². The van der Waals surface area contributed by atoms with Crippen LogP contribution in [0.1, 0.15) is 18.4 Å². The molecule has 0 bridgehead atoms. The predicted molar refractivity (Wildman–Crippen MR) is 74.1 cm³/mol. The van der Waals surface area contributed by atoms with Gasteiger partial charge in [0.15, 0.2) is 0 Å². The molecular formula is C13H14Cl2N2O2. The third-order valence-electron chi connectivity index (χ3n) is 3.30. The molecular weight excluding hydrogens is 287 g/mol. The highest BCUT2D eigenvalue weighted by atomic mass is 35.5. The van der Waals surface area contributed by atoms with Crippen molar-refractivity contribution in [1.29, 1.82) is 0 Å². The van der Waals surface area contributed by atoms with Gasteiger partial charge in [-0.3, -0.25) is 9.59 Å². The van der Waals surface area contributed by atoms with Gasteiger partial charge in [-0.1, -0.05) is 29.3 Å². The summed E-state index contributed by atoms with van der Waals surface area (Å²) < 4.78 is 0. The summed E-state index contributed by atoms with van der Waals surface area (Å²) in [4.78, 5) is 24.9. The van der Waals surface area contributed by atoms with Crippen LogP contribution in [0.3, 0.4) is 0 Å². The highest BCUT2D eigenvalue weighted by Gasteiger charge is 2.32. The Labute approximate surface area is 121 Å². The van der Waals surface area contributed by atoms with Crippen LogP contribution in [0.5, 0.6) is 0 Å². The van der Waals surface area contributed by atoms with Gasteiger partial charge in [-0.2, -0.15) is 0 Å². The molecule has 0 aromatic heterocycles. The first-order valence-electron chi connectivity index (χ1n) is 5.97. The smallest absolute Gasteiger partial charge is 0.243 e. The molecule has 0 saturated carbocycles. The Kier molecular flexibility index (Phi) is 4.32. The van der Waals surface area contributed by atoms with Gasteiger partial charge in [-0.25, -0.2) is 0 Å². The third kappa shape index (κ3) is 3.01. The van der Waals surface area contributed by atoms with Crippen molar-refractivity contribution in [3.05, 3.63) is 33.8 Å². The highest BCUT2D eigenvalue weighted by molar-refractivity contribution is 6.36. The lowest BCUT2D eigenvalue weighted by molar-refractivity contribution is -0.133. The molecule has 2 amide bonds. The Hall–Kier alpha value is -1.26. The summed E-state index contributed by atoms with van der Waals surface area (Å²) >= 11 is 12.0. The van der Waals surface area contributed by atoms with Crippen LogP contribution in [-0.2, 0) is 16.1 Å². The van der Waals surface area contributed by atoms with E-state index in [1.807, 2.05) is 0 Å². The number of hydrogen-bond acceptors (Lipinski definition) is 2. The van der Waals surface area contributed by atoms with Crippen molar-refractivity contribution in [2.24, 2.45) is 0 Å². The molecule has 0 spiro atoms. The zero-order valence-electron chi connectivity index (χ0n) is 10.5. The second-order valence-electron chi connectivity index (χ2n) is 4.48. The molecule has 1 aliphatic rings. The van der Waals surface area contributed by atoms with E-state index < -0.39 is 6.04 Å². The molecule has 0 aliphatic carbocycles. The fourth-order valence-corrected chi connectivity index (χ4v) is 2.64. The molecule has 1 atom stereocenters. The lowest BCUT2D eigenvalue weighted by atomic mass is 10.2. The molecule has 2 rings (SSSR count). The van der Waals surface area contributed by atoms with Gasteiger partial charge in [0.2, 0.25) is 11.8 Å². The quantitative estimate of drug-likeness (QED) is 0.930. The van der Waals surface area contributed by atoms with Gasteiger partial charge < -0.3 is 10.2 Å². The molecule has 1 fully saturated rings. The van der Waals surface area contributed by atoms with Gasteiger partial charge in [-0.05, 0) is 18.6 Å². The van der Waals surface area contributed by atoms with Gasteiger partial charge in [0.05, 0.1) is 0 Å². The highest BCUT2D eigenvalue weighted by Crippen LogP contribution is 2.24. The van der Waals surface area contributed by atoms with Crippen LogP contribution in [0.25, 0.3) is 0 Å². The average molecular weight is 301 g/mol. The molecule has 1 saturated heterocycles. The first-order valence-corrected chi connectivity index (χ1v) is 6.72. The number of halogens is 2.